The van der Waals surface area contributed by atoms with Crippen molar-refractivity contribution in [2.45, 2.75) is 32.0 Å². The summed E-state index contributed by atoms with van der Waals surface area (Å²) in [5, 5.41) is 2.76. The molecule has 2 aromatic carbocycles. The van der Waals surface area contributed by atoms with Crippen molar-refractivity contribution in [3.63, 3.8) is 0 Å². The molecule has 2 atom stereocenters. The van der Waals surface area contributed by atoms with Crippen LogP contribution in [0.5, 0.6) is 5.75 Å². The van der Waals surface area contributed by atoms with Crippen LogP contribution in [-0.2, 0) is 10.3 Å². The largest absolute Gasteiger partial charge is 0.434 e. The van der Waals surface area contributed by atoms with Gasteiger partial charge in [-0.3, -0.25) is 4.79 Å². The van der Waals surface area contributed by atoms with Crippen molar-refractivity contribution in [1.82, 2.24) is 5.32 Å². The number of nitrogens with one attached hydrogen (secondary N) is 1. The number of halogens is 2. The molecule has 0 radical (unpaired) electrons. The number of carbonyl (C=O) groups excluding carboxylic acids is 1. The molecule has 2 rings (SSSR count). The summed E-state index contributed by atoms with van der Waals surface area (Å²) in [6, 6.07) is 14.7. The molecule has 2 unspecified atom stereocenters. The number of hydrogen-bond acceptors (Lipinski definition) is 3. The molecule has 0 spiro atoms. The molecule has 128 valence electrons. The molecule has 3 N–H and O–H groups in total. The maximum atomic E-state index is 12.6. The van der Waals surface area contributed by atoms with Gasteiger partial charge in [-0.25, -0.2) is 0 Å². The first-order valence-corrected chi connectivity index (χ1v) is 7.51. The Morgan fingerprint density at radius 2 is 1.71 bits per heavy atom. The molecule has 1 amide bonds. The maximum Gasteiger partial charge on any atom is 0.387 e. The predicted molar refractivity (Wildman–Crippen MR) is 87.6 cm³/mol. The number of ether oxygens (including phenoxy) is 1. The molecule has 0 fully saturated rings. The van der Waals surface area contributed by atoms with E-state index in [1.165, 1.54) is 6.07 Å². The lowest BCUT2D eigenvalue weighted by Gasteiger charge is -2.27. The van der Waals surface area contributed by atoms with Crippen molar-refractivity contribution in [3.05, 3.63) is 65.7 Å². The quantitative estimate of drug-likeness (QED) is 0.851. The molecule has 24 heavy (non-hydrogen) atoms. The van der Waals surface area contributed by atoms with Gasteiger partial charge >= 0.3 is 6.61 Å². The SMILES string of the molecule is CC(NC(=O)C(C)(N)c1ccccc1)c1ccccc1OC(F)F. The molecule has 2 aromatic rings. The standard InChI is InChI=1S/C18H20F2N2O2/c1-12(14-10-6-7-11-15(14)24-17(19)20)22-16(23)18(2,21)13-8-4-3-5-9-13/h3-12,17H,21H2,1-2H3,(H,22,23). The van der Waals surface area contributed by atoms with E-state index in [9.17, 15) is 13.6 Å². The van der Waals surface area contributed by atoms with Crippen molar-refractivity contribution in [2.24, 2.45) is 5.73 Å². The number of benzene rings is 2. The second kappa shape index (κ2) is 7.40. The molecule has 4 nitrogen and oxygen atoms in total. The topological polar surface area (TPSA) is 64.4 Å². The molecule has 0 aliphatic carbocycles. The lowest BCUT2D eigenvalue weighted by atomic mass is 9.91. The minimum Gasteiger partial charge on any atom is -0.434 e. The molecule has 0 aliphatic rings. The molecule has 0 saturated heterocycles. The summed E-state index contributed by atoms with van der Waals surface area (Å²) in [4.78, 5) is 12.6. The first-order chi connectivity index (χ1) is 11.3. The van der Waals surface area contributed by atoms with Crippen LogP contribution in [0.4, 0.5) is 8.78 Å². The minimum absolute atomic E-state index is 0.0266. The third-order valence-corrected chi connectivity index (χ3v) is 3.79. The lowest BCUT2D eigenvalue weighted by Crippen LogP contribution is -2.49. The monoisotopic (exact) mass is 334 g/mol. The van der Waals surface area contributed by atoms with Gasteiger partial charge in [-0.05, 0) is 25.5 Å². The van der Waals surface area contributed by atoms with Crippen molar-refractivity contribution in [2.75, 3.05) is 0 Å². The zero-order valence-corrected chi connectivity index (χ0v) is 13.5. The Labute approximate surface area is 139 Å². The van der Waals surface area contributed by atoms with Crippen molar-refractivity contribution < 1.29 is 18.3 Å². The van der Waals surface area contributed by atoms with Crippen LogP contribution >= 0.6 is 0 Å². The number of hydrogen-bond donors (Lipinski definition) is 2. The van der Waals surface area contributed by atoms with Gasteiger partial charge in [0.05, 0.1) is 6.04 Å². The van der Waals surface area contributed by atoms with E-state index in [4.69, 9.17) is 5.73 Å². The van der Waals surface area contributed by atoms with Gasteiger partial charge in [0.1, 0.15) is 11.3 Å². The van der Waals surface area contributed by atoms with E-state index in [-0.39, 0.29) is 5.75 Å². The fourth-order valence-corrected chi connectivity index (χ4v) is 2.38. The van der Waals surface area contributed by atoms with Gasteiger partial charge in [0.15, 0.2) is 0 Å². The number of carbonyl (C=O) groups is 1. The van der Waals surface area contributed by atoms with Gasteiger partial charge in [0, 0.05) is 5.56 Å². The van der Waals surface area contributed by atoms with E-state index in [0.29, 0.717) is 11.1 Å². The fourth-order valence-electron chi connectivity index (χ4n) is 2.38. The average molecular weight is 334 g/mol. The summed E-state index contributed by atoms with van der Waals surface area (Å²) in [5.41, 5.74) is 6.03. The van der Waals surface area contributed by atoms with E-state index in [2.05, 4.69) is 10.1 Å². The molecule has 0 aliphatic heterocycles. The Bertz CT molecular complexity index is 690. The van der Waals surface area contributed by atoms with Gasteiger partial charge in [0.25, 0.3) is 0 Å². The van der Waals surface area contributed by atoms with Gasteiger partial charge in [-0.1, -0.05) is 48.5 Å². The van der Waals surface area contributed by atoms with Crippen LogP contribution in [0.1, 0.15) is 31.0 Å². The first kappa shape index (κ1) is 17.9. The van der Waals surface area contributed by atoms with Crippen molar-refractivity contribution in [1.29, 1.82) is 0 Å². The van der Waals surface area contributed by atoms with Crippen LogP contribution in [0.15, 0.2) is 54.6 Å². The summed E-state index contributed by atoms with van der Waals surface area (Å²) >= 11 is 0. The lowest BCUT2D eigenvalue weighted by molar-refractivity contribution is -0.126. The van der Waals surface area contributed by atoms with Crippen LogP contribution in [0.25, 0.3) is 0 Å². The zero-order chi connectivity index (χ0) is 17.7. The van der Waals surface area contributed by atoms with Crippen LogP contribution < -0.4 is 15.8 Å². The van der Waals surface area contributed by atoms with E-state index >= 15 is 0 Å². The number of nitrogens with two attached hydrogens (primary N) is 1. The smallest absolute Gasteiger partial charge is 0.387 e. The minimum atomic E-state index is -2.93. The number of alkyl halides is 2. The third kappa shape index (κ3) is 4.08. The molecule has 6 heteroatoms. The summed E-state index contributed by atoms with van der Waals surface area (Å²) in [6.45, 7) is 0.358. The molecule has 0 aromatic heterocycles. The highest BCUT2D eigenvalue weighted by Crippen LogP contribution is 2.27. The van der Waals surface area contributed by atoms with Gasteiger partial charge in [-0.15, -0.1) is 0 Å². The Kier molecular flexibility index (Phi) is 5.51. The van der Waals surface area contributed by atoms with Crippen molar-refractivity contribution >= 4 is 5.91 Å². The maximum absolute atomic E-state index is 12.6. The Morgan fingerprint density at radius 1 is 1.12 bits per heavy atom. The molecular weight excluding hydrogens is 314 g/mol. The van der Waals surface area contributed by atoms with E-state index < -0.39 is 24.1 Å². The van der Waals surface area contributed by atoms with E-state index in [0.717, 1.165) is 0 Å². The highest BCUT2D eigenvalue weighted by molar-refractivity contribution is 5.87. The molecule has 0 heterocycles. The molecular formula is C18H20F2N2O2. The number of para-hydroxylation sites is 1. The second-order valence-electron chi connectivity index (χ2n) is 5.68. The van der Waals surface area contributed by atoms with Crippen molar-refractivity contribution in [3.8, 4) is 5.75 Å². The number of amides is 1. The van der Waals surface area contributed by atoms with Crippen LogP contribution in [0.3, 0.4) is 0 Å². The van der Waals surface area contributed by atoms with Gasteiger partial charge < -0.3 is 15.8 Å². The highest BCUT2D eigenvalue weighted by atomic mass is 19.3. The van der Waals surface area contributed by atoms with E-state index in [1.807, 2.05) is 6.07 Å². The number of rotatable bonds is 6. The molecule has 0 bridgehead atoms. The summed E-state index contributed by atoms with van der Waals surface area (Å²) in [5.74, 6) is -0.383. The van der Waals surface area contributed by atoms with Crippen LogP contribution in [-0.4, -0.2) is 12.5 Å². The van der Waals surface area contributed by atoms with Crippen LogP contribution in [0.2, 0.25) is 0 Å². The summed E-state index contributed by atoms with van der Waals surface area (Å²) in [7, 11) is 0. The normalized spacial score (nSPS) is 14.8. The van der Waals surface area contributed by atoms with Gasteiger partial charge in [0.2, 0.25) is 5.91 Å². The second-order valence-corrected chi connectivity index (χ2v) is 5.68. The molecule has 0 saturated carbocycles. The summed E-state index contributed by atoms with van der Waals surface area (Å²) < 4.78 is 29.5. The fraction of sp³-hybridized carbons (Fsp3) is 0.278. The Morgan fingerprint density at radius 3 is 2.33 bits per heavy atom. The summed E-state index contributed by atoms with van der Waals surface area (Å²) in [6.07, 6.45) is 0. The van der Waals surface area contributed by atoms with E-state index in [1.54, 1.807) is 56.3 Å². The highest BCUT2D eigenvalue weighted by Gasteiger charge is 2.31. The third-order valence-electron chi connectivity index (χ3n) is 3.79. The predicted octanol–water partition coefficient (Wildman–Crippen LogP) is 3.34. The Hall–Kier alpha value is -2.47. The van der Waals surface area contributed by atoms with Crippen LogP contribution in [0, 0.1) is 0 Å². The first-order valence-electron chi connectivity index (χ1n) is 7.51. The average Bonchev–Trinajstić information content (AvgIpc) is 2.55. The van der Waals surface area contributed by atoms with Gasteiger partial charge in [-0.2, -0.15) is 8.78 Å². The zero-order valence-electron chi connectivity index (χ0n) is 13.5. The Balaban J connectivity index is 2.18.